The molecule has 2 aliphatic heterocycles. The van der Waals surface area contributed by atoms with Gasteiger partial charge in [0.1, 0.15) is 17.6 Å². The quantitative estimate of drug-likeness (QED) is 0.507. The lowest BCUT2D eigenvalue weighted by atomic mass is 10.0. The van der Waals surface area contributed by atoms with Gasteiger partial charge in [-0.1, -0.05) is 22.8 Å². The fourth-order valence-corrected chi connectivity index (χ4v) is 4.74. The molecule has 1 N–H and O–H groups in total. The summed E-state index contributed by atoms with van der Waals surface area (Å²) in [5.41, 5.74) is 2.22. The molecule has 1 fully saturated rings. The molecule has 23 heavy (non-hydrogen) atoms. The smallest absolute Gasteiger partial charge is 0.220 e. The van der Waals surface area contributed by atoms with Crippen LogP contribution in [-0.4, -0.2) is 48.7 Å². The first-order chi connectivity index (χ1) is 11.0. The molecular weight excluding hydrogens is 340 g/mol. The molecule has 0 aromatic heterocycles. The predicted molar refractivity (Wildman–Crippen MR) is 87.5 cm³/mol. The maximum absolute atomic E-state index is 12.7. The van der Waals surface area contributed by atoms with E-state index in [0.717, 1.165) is 17.5 Å². The monoisotopic (exact) mass is 358 g/mol. The van der Waals surface area contributed by atoms with Crippen molar-refractivity contribution in [2.75, 3.05) is 18.9 Å². The van der Waals surface area contributed by atoms with Crippen LogP contribution in [0.2, 0.25) is 5.02 Å². The van der Waals surface area contributed by atoms with Crippen LogP contribution in [0.1, 0.15) is 24.0 Å². The third-order valence-corrected chi connectivity index (χ3v) is 6.29. The molecule has 2 heterocycles. The summed E-state index contributed by atoms with van der Waals surface area (Å²) in [7, 11) is -3.57. The van der Waals surface area contributed by atoms with E-state index in [0.29, 0.717) is 37.6 Å². The van der Waals surface area contributed by atoms with Gasteiger partial charge >= 0.3 is 0 Å². The number of halogens is 1. The van der Waals surface area contributed by atoms with Gasteiger partial charge in [-0.2, -0.15) is 4.31 Å². The van der Waals surface area contributed by atoms with Crippen LogP contribution in [-0.2, 0) is 27.7 Å². The summed E-state index contributed by atoms with van der Waals surface area (Å²) in [5.74, 6) is -0.315. The minimum absolute atomic E-state index is 0.180. The lowest BCUT2D eigenvalue weighted by molar-refractivity contribution is 0.154. The Balaban J connectivity index is 1.75. The normalized spacial score (nSPS) is 23.0. The van der Waals surface area contributed by atoms with Gasteiger partial charge in [-0.25, -0.2) is 8.42 Å². The lowest BCUT2D eigenvalue weighted by Crippen LogP contribution is -2.41. The molecule has 1 saturated heterocycles. The summed E-state index contributed by atoms with van der Waals surface area (Å²) in [6.45, 7) is 1.28. The Morgan fingerprint density at radius 3 is 2.96 bits per heavy atom. The van der Waals surface area contributed by atoms with Gasteiger partial charge in [-0.05, 0) is 42.5 Å². The summed E-state index contributed by atoms with van der Waals surface area (Å²) in [4.78, 5) is 0. The second kappa shape index (κ2) is 6.76. The first-order valence-corrected chi connectivity index (χ1v) is 9.56. The van der Waals surface area contributed by atoms with Gasteiger partial charge in [0, 0.05) is 24.7 Å². The number of hydrogen-bond donors (Lipinski definition) is 1. The summed E-state index contributed by atoms with van der Waals surface area (Å²) in [6, 6.07) is 5.56. The van der Waals surface area contributed by atoms with E-state index in [1.54, 1.807) is 6.07 Å². The molecule has 3 rings (SSSR count). The average molecular weight is 359 g/mol. The van der Waals surface area contributed by atoms with Gasteiger partial charge in [0.05, 0.1) is 0 Å². The number of rotatable bonds is 4. The Kier molecular flexibility index (Phi) is 4.91. The topological polar surface area (TPSA) is 79.2 Å². The van der Waals surface area contributed by atoms with Crippen LogP contribution in [0.4, 0.5) is 0 Å². The number of hydrogen-bond acceptors (Lipinski definition) is 5. The molecule has 2 aliphatic rings. The SMILES string of the molecule is O=S(=O)(C/C(=N/O)[C@H]1CCCO1)N1CCc2ccc(Cl)cc2C1. The van der Waals surface area contributed by atoms with E-state index in [2.05, 4.69) is 5.16 Å². The number of benzene rings is 1. The molecule has 0 spiro atoms. The Morgan fingerprint density at radius 1 is 1.43 bits per heavy atom. The van der Waals surface area contributed by atoms with Crippen molar-refractivity contribution in [3.63, 3.8) is 0 Å². The van der Waals surface area contributed by atoms with Gasteiger partial charge in [0.2, 0.25) is 10.0 Å². The first kappa shape index (κ1) is 16.7. The summed E-state index contributed by atoms with van der Waals surface area (Å²) >= 11 is 5.99. The molecule has 0 amide bonds. The van der Waals surface area contributed by atoms with Crippen molar-refractivity contribution in [1.29, 1.82) is 0 Å². The molecule has 0 bridgehead atoms. The molecule has 1 aromatic rings. The van der Waals surface area contributed by atoms with E-state index in [4.69, 9.17) is 21.5 Å². The van der Waals surface area contributed by atoms with Crippen molar-refractivity contribution < 1.29 is 18.4 Å². The van der Waals surface area contributed by atoms with Crippen molar-refractivity contribution in [2.24, 2.45) is 5.16 Å². The van der Waals surface area contributed by atoms with E-state index in [1.807, 2.05) is 12.1 Å². The van der Waals surface area contributed by atoms with Crippen molar-refractivity contribution in [3.8, 4) is 0 Å². The van der Waals surface area contributed by atoms with E-state index < -0.39 is 16.1 Å². The van der Waals surface area contributed by atoms with Crippen molar-refractivity contribution >= 4 is 27.3 Å². The van der Waals surface area contributed by atoms with E-state index in [1.165, 1.54) is 4.31 Å². The number of fused-ring (bicyclic) bond motifs is 1. The van der Waals surface area contributed by atoms with Gasteiger partial charge in [0.15, 0.2) is 0 Å². The van der Waals surface area contributed by atoms with Crippen molar-refractivity contribution in [2.45, 2.75) is 31.9 Å². The Hall–Kier alpha value is -1.15. The fraction of sp³-hybridized carbons (Fsp3) is 0.533. The maximum atomic E-state index is 12.7. The number of nitrogens with zero attached hydrogens (tertiary/aromatic N) is 2. The zero-order valence-corrected chi connectivity index (χ0v) is 14.2. The third kappa shape index (κ3) is 3.68. The predicted octanol–water partition coefficient (Wildman–Crippen LogP) is 2.04. The number of ether oxygens (including phenoxy) is 1. The molecule has 0 saturated carbocycles. The second-order valence-electron chi connectivity index (χ2n) is 5.85. The highest BCUT2D eigenvalue weighted by molar-refractivity contribution is 7.89. The largest absolute Gasteiger partial charge is 0.411 e. The number of sulfonamides is 1. The summed E-state index contributed by atoms with van der Waals surface area (Å²) in [6.07, 6.45) is 1.78. The minimum Gasteiger partial charge on any atom is -0.411 e. The molecule has 0 unspecified atom stereocenters. The van der Waals surface area contributed by atoms with Crippen LogP contribution in [0.5, 0.6) is 0 Å². The Labute approximate surface area is 140 Å². The highest BCUT2D eigenvalue weighted by atomic mass is 35.5. The van der Waals surface area contributed by atoms with Crippen LogP contribution in [0.25, 0.3) is 0 Å². The molecule has 6 nitrogen and oxygen atoms in total. The molecule has 8 heteroatoms. The first-order valence-electron chi connectivity index (χ1n) is 7.57. The molecule has 0 radical (unpaired) electrons. The van der Waals surface area contributed by atoms with Crippen molar-refractivity contribution in [1.82, 2.24) is 4.31 Å². The molecule has 1 aromatic carbocycles. The highest BCUT2D eigenvalue weighted by Gasteiger charge is 2.32. The zero-order chi connectivity index (χ0) is 16.4. The standard InChI is InChI=1S/C15H19ClN2O4S/c16-13-4-3-11-5-6-18(9-12(11)8-13)23(20,21)10-14(17-19)15-2-1-7-22-15/h3-4,8,15,19H,1-2,5-7,9-10H2/b17-14-/t15-/m1/s1. The maximum Gasteiger partial charge on any atom is 0.220 e. The van der Waals surface area contributed by atoms with Crippen molar-refractivity contribution in [3.05, 3.63) is 34.3 Å². The average Bonchev–Trinajstić information content (AvgIpc) is 3.06. The molecular formula is C15H19ClN2O4S. The minimum atomic E-state index is -3.57. The van der Waals surface area contributed by atoms with Gasteiger partial charge in [0.25, 0.3) is 0 Å². The van der Waals surface area contributed by atoms with Gasteiger partial charge in [-0.15, -0.1) is 0 Å². The molecule has 126 valence electrons. The molecule has 0 aliphatic carbocycles. The van der Waals surface area contributed by atoms with E-state index in [9.17, 15) is 8.42 Å². The van der Waals surface area contributed by atoms with Gasteiger partial charge in [-0.3, -0.25) is 0 Å². The fourth-order valence-electron chi connectivity index (χ4n) is 3.04. The zero-order valence-electron chi connectivity index (χ0n) is 12.6. The van der Waals surface area contributed by atoms with Crippen LogP contribution in [0.15, 0.2) is 23.4 Å². The van der Waals surface area contributed by atoms with Crippen LogP contribution < -0.4 is 0 Å². The Bertz CT molecular complexity index is 714. The lowest BCUT2D eigenvalue weighted by Gasteiger charge is -2.28. The molecule has 1 atom stereocenters. The van der Waals surface area contributed by atoms with Crippen LogP contribution in [0.3, 0.4) is 0 Å². The van der Waals surface area contributed by atoms with Crippen LogP contribution in [0, 0.1) is 0 Å². The highest BCUT2D eigenvalue weighted by Crippen LogP contribution is 2.25. The van der Waals surface area contributed by atoms with Crippen LogP contribution >= 0.6 is 11.6 Å². The summed E-state index contributed by atoms with van der Waals surface area (Å²) in [5, 5.41) is 12.9. The summed E-state index contributed by atoms with van der Waals surface area (Å²) < 4.78 is 32.1. The van der Waals surface area contributed by atoms with E-state index >= 15 is 0 Å². The number of oxime groups is 1. The second-order valence-corrected chi connectivity index (χ2v) is 8.25. The van der Waals surface area contributed by atoms with Gasteiger partial charge < -0.3 is 9.94 Å². The third-order valence-electron chi connectivity index (χ3n) is 4.30. The Morgan fingerprint density at radius 2 is 2.26 bits per heavy atom. The van der Waals surface area contributed by atoms with E-state index in [-0.39, 0.29) is 11.5 Å².